The lowest BCUT2D eigenvalue weighted by Gasteiger charge is -2.22. The lowest BCUT2D eigenvalue weighted by Crippen LogP contribution is -2.28. The summed E-state index contributed by atoms with van der Waals surface area (Å²) < 4.78 is 0. The fourth-order valence-electron chi connectivity index (χ4n) is 2.25. The molecule has 0 aliphatic heterocycles. The first kappa shape index (κ1) is 14.9. The zero-order chi connectivity index (χ0) is 15.4. The van der Waals surface area contributed by atoms with Crippen molar-refractivity contribution < 1.29 is 4.79 Å². The van der Waals surface area contributed by atoms with Crippen LogP contribution in [0.1, 0.15) is 15.9 Å². The summed E-state index contributed by atoms with van der Waals surface area (Å²) in [5, 5.41) is 0. The Morgan fingerprint density at radius 2 is 1.71 bits per heavy atom. The highest BCUT2D eigenvalue weighted by Gasteiger charge is 2.17. The van der Waals surface area contributed by atoms with Gasteiger partial charge in [0.1, 0.15) is 0 Å². The number of nitrogen functional groups attached to an aromatic ring is 1. The van der Waals surface area contributed by atoms with Crippen molar-refractivity contribution >= 4 is 17.3 Å². The summed E-state index contributed by atoms with van der Waals surface area (Å²) in [7, 11) is 5.64. The summed E-state index contributed by atoms with van der Waals surface area (Å²) in [5.74, 6) is -0.0325. The standard InChI is InChI=1S/C17H21N3O/c1-19(2)16-10-9-14(18)11-15(16)17(21)20(3)12-13-7-5-4-6-8-13/h4-11H,12,18H2,1-3H3. The predicted octanol–water partition coefficient (Wildman–Crippen LogP) is 2.61. The smallest absolute Gasteiger partial charge is 0.256 e. The lowest BCUT2D eigenvalue weighted by atomic mass is 10.1. The Morgan fingerprint density at radius 3 is 2.33 bits per heavy atom. The number of nitrogens with two attached hydrogens (primary N) is 1. The molecule has 4 heteroatoms. The van der Waals surface area contributed by atoms with Crippen molar-refractivity contribution in [2.75, 3.05) is 31.8 Å². The van der Waals surface area contributed by atoms with E-state index in [1.807, 2.05) is 61.5 Å². The molecule has 0 aliphatic carbocycles. The van der Waals surface area contributed by atoms with Crippen LogP contribution in [0.3, 0.4) is 0 Å². The highest BCUT2D eigenvalue weighted by Crippen LogP contribution is 2.23. The molecule has 2 aromatic carbocycles. The van der Waals surface area contributed by atoms with Gasteiger partial charge in [-0.2, -0.15) is 0 Å². The van der Waals surface area contributed by atoms with Gasteiger partial charge in [0.2, 0.25) is 0 Å². The minimum atomic E-state index is -0.0325. The van der Waals surface area contributed by atoms with E-state index in [0.29, 0.717) is 17.8 Å². The molecule has 0 saturated carbocycles. The second kappa shape index (κ2) is 6.31. The van der Waals surface area contributed by atoms with Crippen LogP contribution in [-0.2, 0) is 6.54 Å². The van der Waals surface area contributed by atoms with Gasteiger partial charge in [0.15, 0.2) is 0 Å². The molecule has 0 fully saturated rings. The van der Waals surface area contributed by atoms with Crippen LogP contribution in [0.15, 0.2) is 48.5 Å². The van der Waals surface area contributed by atoms with Crippen LogP contribution in [0.2, 0.25) is 0 Å². The Bertz CT molecular complexity index is 623. The van der Waals surface area contributed by atoms with Crippen LogP contribution >= 0.6 is 0 Å². The maximum Gasteiger partial charge on any atom is 0.256 e. The molecule has 1 amide bonds. The molecule has 0 atom stereocenters. The van der Waals surface area contributed by atoms with E-state index in [1.165, 1.54) is 0 Å². The van der Waals surface area contributed by atoms with Gasteiger partial charge in [-0.1, -0.05) is 30.3 Å². The number of hydrogen-bond acceptors (Lipinski definition) is 3. The van der Waals surface area contributed by atoms with Gasteiger partial charge in [0.05, 0.1) is 5.56 Å². The third kappa shape index (κ3) is 3.54. The van der Waals surface area contributed by atoms with Crippen LogP contribution in [-0.4, -0.2) is 32.0 Å². The first-order valence-corrected chi connectivity index (χ1v) is 6.85. The van der Waals surface area contributed by atoms with E-state index in [9.17, 15) is 4.79 Å². The second-order valence-electron chi connectivity index (χ2n) is 5.32. The van der Waals surface area contributed by atoms with Gasteiger partial charge >= 0.3 is 0 Å². The molecule has 0 aliphatic rings. The van der Waals surface area contributed by atoms with Crippen LogP contribution in [0, 0.1) is 0 Å². The fraction of sp³-hybridized carbons (Fsp3) is 0.235. The molecule has 0 heterocycles. The Morgan fingerprint density at radius 1 is 1.05 bits per heavy atom. The summed E-state index contributed by atoms with van der Waals surface area (Å²) in [4.78, 5) is 16.3. The normalized spacial score (nSPS) is 10.2. The summed E-state index contributed by atoms with van der Waals surface area (Å²) in [5.41, 5.74) is 9.02. The first-order valence-electron chi connectivity index (χ1n) is 6.85. The van der Waals surface area contributed by atoms with Gasteiger partial charge in [0.25, 0.3) is 5.91 Å². The minimum absolute atomic E-state index is 0.0325. The third-order valence-corrected chi connectivity index (χ3v) is 3.34. The third-order valence-electron chi connectivity index (χ3n) is 3.34. The van der Waals surface area contributed by atoms with Gasteiger partial charge in [-0.05, 0) is 23.8 Å². The topological polar surface area (TPSA) is 49.6 Å². The number of rotatable bonds is 4. The second-order valence-corrected chi connectivity index (χ2v) is 5.32. The summed E-state index contributed by atoms with van der Waals surface area (Å²) in [6.45, 7) is 0.571. The van der Waals surface area contributed by atoms with E-state index in [-0.39, 0.29) is 5.91 Å². The minimum Gasteiger partial charge on any atom is -0.399 e. The van der Waals surface area contributed by atoms with Gasteiger partial charge in [-0.15, -0.1) is 0 Å². The SMILES string of the molecule is CN(Cc1ccccc1)C(=O)c1cc(N)ccc1N(C)C. The highest BCUT2D eigenvalue weighted by molar-refractivity contribution is 6.00. The average Bonchev–Trinajstić information content (AvgIpc) is 2.47. The van der Waals surface area contributed by atoms with E-state index < -0.39 is 0 Å². The largest absolute Gasteiger partial charge is 0.399 e. The van der Waals surface area contributed by atoms with Gasteiger partial charge in [-0.3, -0.25) is 4.79 Å². The Kier molecular flexibility index (Phi) is 4.48. The quantitative estimate of drug-likeness (QED) is 0.878. The summed E-state index contributed by atoms with van der Waals surface area (Å²) in [6.07, 6.45) is 0. The summed E-state index contributed by atoms with van der Waals surface area (Å²) in [6, 6.07) is 15.3. The molecule has 0 bridgehead atoms. The molecule has 2 N–H and O–H groups in total. The molecule has 4 nitrogen and oxygen atoms in total. The zero-order valence-electron chi connectivity index (χ0n) is 12.7. The molecule has 21 heavy (non-hydrogen) atoms. The Balaban J connectivity index is 2.25. The number of hydrogen-bond donors (Lipinski definition) is 1. The average molecular weight is 283 g/mol. The van der Waals surface area contributed by atoms with Crippen LogP contribution in [0.4, 0.5) is 11.4 Å². The van der Waals surface area contributed by atoms with Crippen LogP contribution < -0.4 is 10.6 Å². The molecular formula is C17H21N3O. The van der Waals surface area contributed by atoms with Crippen molar-refractivity contribution in [1.82, 2.24) is 4.90 Å². The molecule has 2 rings (SSSR count). The molecule has 0 aromatic heterocycles. The number of amides is 1. The van der Waals surface area contributed by atoms with E-state index in [2.05, 4.69) is 0 Å². The summed E-state index contributed by atoms with van der Waals surface area (Å²) >= 11 is 0. The number of carbonyl (C=O) groups excluding carboxylic acids is 1. The van der Waals surface area contributed by atoms with Crippen LogP contribution in [0.5, 0.6) is 0 Å². The molecule has 0 saturated heterocycles. The van der Waals surface area contributed by atoms with Crippen molar-refractivity contribution in [3.63, 3.8) is 0 Å². The molecule has 2 aromatic rings. The first-order chi connectivity index (χ1) is 9.99. The number of anilines is 2. The van der Waals surface area contributed by atoms with Crippen molar-refractivity contribution in [2.45, 2.75) is 6.54 Å². The van der Waals surface area contributed by atoms with Gasteiger partial charge in [0, 0.05) is 39.1 Å². The van der Waals surface area contributed by atoms with E-state index >= 15 is 0 Å². The molecule has 0 unspecified atom stereocenters. The van der Waals surface area contributed by atoms with E-state index in [1.54, 1.807) is 18.0 Å². The Labute approximate surface area is 125 Å². The fourth-order valence-corrected chi connectivity index (χ4v) is 2.25. The van der Waals surface area contributed by atoms with Gasteiger partial charge < -0.3 is 15.5 Å². The molecule has 0 spiro atoms. The van der Waals surface area contributed by atoms with E-state index in [4.69, 9.17) is 5.73 Å². The van der Waals surface area contributed by atoms with Crippen molar-refractivity contribution in [2.24, 2.45) is 0 Å². The monoisotopic (exact) mass is 283 g/mol. The number of benzene rings is 2. The van der Waals surface area contributed by atoms with Crippen LogP contribution in [0.25, 0.3) is 0 Å². The molecule has 0 radical (unpaired) electrons. The van der Waals surface area contributed by atoms with Gasteiger partial charge in [-0.25, -0.2) is 0 Å². The highest BCUT2D eigenvalue weighted by atomic mass is 16.2. The zero-order valence-corrected chi connectivity index (χ0v) is 12.7. The maximum absolute atomic E-state index is 12.7. The van der Waals surface area contributed by atoms with Crippen molar-refractivity contribution in [1.29, 1.82) is 0 Å². The van der Waals surface area contributed by atoms with Crippen molar-refractivity contribution in [3.05, 3.63) is 59.7 Å². The molecular weight excluding hydrogens is 262 g/mol. The maximum atomic E-state index is 12.7. The predicted molar refractivity (Wildman–Crippen MR) is 87.4 cm³/mol. The lowest BCUT2D eigenvalue weighted by molar-refractivity contribution is 0.0786. The number of nitrogens with zero attached hydrogens (tertiary/aromatic N) is 2. The van der Waals surface area contributed by atoms with Crippen molar-refractivity contribution in [3.8, 4) is 0 Å². The number of carbonyl (C=O) groups is 1. The van der Waals surface area contributed by atoms with E-state index in [0.717, 1.165) is 11.3 Å². The Hall–Kier alpha value is -2.49. The molecule has 110 valence electrons.